The number of thiocarbonyl (C=S) groups is 1. The molecule has 6 nitrogen and oxygen atoms in total. The molecule has 0 unspecified atom stereocenters. The average Bonchev–Trinajstić information content (AvgIpc) is 2.91. The van der Waals surface area contributed by atoms with Gasteiger partial charge in [0.2, 0.25) is 10.0 Å². The number of primary sulfonamides is 1. The van der Waals surface area contributed by atoms with Crippen molar-refractivity contribution in [1.82, 2.24) is 0 Å². The summed E-state index contributed by atoms with van der Waals surface area (Å²) in [4.78, 5) is 2.19. The van der Waals surface area contributed by atoms with E-state index < -0.39 is 10.0 Å². The molecular formula is C29H29N3O3S2. The van der Waals surface area contributed by atoms with Crippen molar-refractivity contribution in [3.05, 3.63) is 109 Å². The number of anilines is 3. The molecule has 0 spiro atoms. The van der Waals surface area contributed by atoms with E-state index in [1.165, 1.54) is 6.07 Å². The molecular weight excluding hydrogens is 502 g/mol. The number of sulfonamides is 1. The monoisotopic (exact) mass is 531 g/mol. The van der Waals surface area contributed by atoms with E-state index in [0.29, 0.717) is 28.5 Å². The number of hydrogen-bond acceptors (Lipinski definition) is 5. The molecule has 0 aliphatic rings. The molecule has 4 aromatic carbocycles. The molecule has 0 fully saturated rings. The Kier molecular flexibility index (Phi) is 8.55. The first-order valence-electron chi connectivity index (χ1n) is 12.0. The predicted octanol–water partition coefficient (Wildman–Crippen LogP) is 6.85. The zero-order chi connectivity index (χ0) is 26.3. The number of ether oxygens (including phenoxy) is 1. The molecule has 8 heteroatoms. The fourth-order valence-corrected chi connectivity index (χ4v) is 4.88. The van der Waals surface area contributed by atoms with Crippen LogP contribution in [0.4, 0.5) is 17.1 Å². The smallest absolute Gasteiger partial charge is 0.241 e. The number of para-hydroxylation sites is 3. The highest BCUT2D eigenvalue weighted by atomic mass is 32.2. The van der Waals surface area contributed by atoms with E-state index in [0.717, 1.165) is 24.2 Å². The molecule has 4 rings (SSSR count). The predicted molar refractivity (Wildman–Crippen MR) is 154 cm³/mol. The zero-order valence-electron chi connectivity index (χ0n) is 20.5. The van der Waals surface area contributed by atoms with E-state index in [2.05, 4.69) is 12.2 Å². The standard InChI is InChI=1S/C29H29N3O3S2/c1-2-3-19-31-26-20-22(21-27(37(30,33)34)28(26)35-25-17-11-6-12-18-25)29(36)32(23-13-7-4-8-14-23)24-15-9-5-10-16-24/h4-18,20-21,31H,2-3,19H2,1H3,(H2,30,33,34). The van der Waals surface area contributed by atoms with Crippen molar-refractivity contribution in [2.75, 3.05) is 16.8 Å². The summed E-state index contributed by atoms with van der Waals surface area (Å²) >= 11 is 5.98. The normalized spacial score (nSPS) is 11.1. The highest BCUT2D eigenvalue weighted by molar-refractivity contribution is 7.89. The molecule has 0 amide bonds. The van der Waals surface area contributed by atoms with Gasteiger partial charge in [-0.25, -0.2) is 13.6 Å². The first-order valence-corrected chi connectivity index (χ1v) is 14.0. The number of rotatable bonds is 10. The maximum absolute atomic E-state index is 12.8. The van der Waals surface area contributed by atoms with Crippen LogP contribution in [0.3, 0.4) is 0 Å². The Morgan fingerprint density at radius 1 is 0.892 bits per heavy atom. The molecule has 0 saturated carbocycles. The minimum atomic E-state index is -4.16. The van der Waals surface area contributed by atoms with Crippen molar-refractivity contribution in [2.45, 2.75) is 24.7 Å². The van der Waals surface area contributed by atoms with Gasteiger partial charge in [-0.1, -0.05) is 80.2 Å². The second-order valence-electron chi connectivity index (χ2n) is 8.40. The Morgan fingerprint density at radius 3 is 1.95 bits per heavy atom. The van der Waals surface area contributed by atoms with Crippen LogP contribution >= 0.6 is 12.2 Å². The number of benzene rings is 4. The summed E-state index contributed by atoms with van der Waals surface area (Å²) in [7, 11) is -4.16. The topological polar surface area (TPSA) is 84.7 Å². The van der Waals surface area contributed by atoms with Gasteiger partial charge in [0, 0.05) is 23.5 Å². The molecule has 0 bridgehead atoms. The van der Waals surface area contributed by atoms with Crippen LogP contribution in [-0.2, 0) is 10.0 Å². The Morgan fingerprint density at radius 2 is 1.43 bits per heavy atom. The van der Waals surface area contributed by atoms with Crippen molar-refractivity contribution in [3.63, 3.8) is 0 Å². The highest BCUT2D eigenvalue weighted by Gasteiger charge is 2.25. The fraction of sp³-hybridized carbons (Fsp3) is 0.138. The third-order valence-electron chi connectivity index (χ3n) is 5.65. The Bertz CT molecular complexity index is 1410. The van der Waals surface area contributed by atoms with Crippen molar-refractivity contribution >= 4 is 44.3 Å². The third kappa shape index (κ3) is 6.54. The second kappa shape index (κ2) is 12.0. The summed E-state index contributed by atoms with van der Waals surface area (Å²) in [6, 6.07) is 31.7. The molecule has 0 radical (unpaired) electrons. The van der Waals surface area contributed by atoms with Gasteiger partial charge < -0.3 is 15.0 Å². The maximum atomic E-state index is 12.8. The van der Waals surface area contributed by atoms with Crippen LogP contribution < -0.4 is 20.1 Å². The van der Waals surface area contributed by atoms with Gasteiger partial charge >= 0.3 is 0 Å². The lowest BCUT2D eigenvalue weighted by molar-refractivity contribution is 0.469. The molecule has 0 atom stereocenters. The van der Waals surface area contributed by atoms with Crippen LogP contribution in [0.15, 0.2) is 108 Å². The van der Waals surface area contributed by atoms with Crippen LogP contribution in [0.1, 0.15) is 25.3 Å². The molecule has 0 aromatic heterocycles. The third-order valence-corrected chi connectivity index (χ3v) is 6.98. The first-order chi connectivity index (χ1) is 17.9. The van der Waals surface area contributed by atoms with E-state index >= 15 is 0 Å². The van der Waals surface area contributed by atoms with Crippen LogP contribution in [0.25, 0.3) is 0 Å². The van der Waals surface area contributed by atoms with Crippen LogP contribution in [0.5, 0.6) is 11.5 Å². The Labute approximate surface area is 223 Å². The van der Waals surface area contributed by atoms with Gasteiger partial charge in [0.15, 0.2) is 5.75 Å². The molecule has 4 aromatic rings. The summed E-state index contributed by atoms with van der Waals surface area (Å²) < 4.78 is 31.7. The number of unbranched alkanes of at least 4 members (excludes halogenated alkanes) is 1. The van der Waals surface area contributed by atoms with Crippen molar-refractivity contribution in [3.8, 4) is 11.5 Å². The quantitative estimate of drug-likeness (QED) is 0.172. The summed E-state index contributed by atoms with van der Waals surface area (Å²) in [6.07, 6.45) is 1.86. The van der Waals surface area contributed by atoms with Crippen molar-refractivity contribution in [1.29, 1.82) is 0 Å². The van der Waals surface area contributed by atoms with Crippen LogP contribution in [-0.4, -0.2) is 20.0 Å². The van der Waals surface area contributed by atoms with E-state index in [9.17, 15) is 8.42 Å². The Hall–Kier alpha value is -3.72. The first kappa shape index (κ1) is 26.3. The lowest BCUT2D eigenvalue weighted by Crippen LogP contribution is -2.26. The summed E-state index contributed by atoms with van der Waals surface area (Å²) in [5.74, 6) is 0.638. The van der Waals surface area contributed by atoms with Gasteiger partial charge in [0.1, 0.15) is 15.6 Å². The second-order valence-corrected chi connectivity index (χ2v) is 10.3. The van der Waals surface area contributed by atoms with Gasteiger partial charge in [0.05, 0.1) is 5.69 Å². The molecule has 0 heterocycles. The Balaban J connectivity index is 1.87. The lowest BCUT2D eigenvalue weighted by Gasteiger charge is -2.27. The number of nitrogens with two attached hydrogens (primary N) is 1. The van der Waals surface area contributed by atoms with E-state index in [-0.39, 0.29) is 10.6 Å². The highest BCUT2D eigenvalue weighted by Crippen LogP contribution is 2.38. The molecule has 0 aliphatic heterocycles. The average molecular weight is 532 g/mol. The van der Waals surface area contributed by atoms with Gasteiger partial charge in [-0.05, 0) is 55.0 Å². The molecule has 190 valence electrons. The molecule has 37 heavy (non-hydrogen) atoms. The fourth-order valence-electron chi connectivity index (χ4n) is 3.85. The largest absolute Gasteiger partial charge is 0.454 e. The van der Waals surface area contributed by atoms with Gasteiger partial charge in [0.25, 0.3) is 0 Å². The summed E-state index contributed by atoms with van der Waals surface area (Å²) in [5, 5.41) is 9.05. The van der Waals surface area contributed by atoms with E-state index in [1.807, 2.05) is 89.8 Å². The van der Waals surface area contributed by atoms with Gasteiger partial charge in [-0.15, -0.1) is 0 Å². The number of nitrogens with zero attached hydrogens (tertiary/aromatic N) is 1. The SMILES string of the molecule is CCCCNc1cc(C(=S)N(c2ccccc2)c2ccccc2)cc(S(N)(=O)=O)c1Oc1ccccc1. The summed E-state index contributed by atoms with van der Waals surface area (Å²) in [5.41, 5.74) is 2.72. The van der Waals surface area contributed by atoms with E-state index in [1.54, 1.807) is 12.1 Å². The molecule has 0 aliphatic carbocycles. The van der Waals surface area contributed by atoms with Gasteiger partial charge in [-0.3, -0.25) is 0 Å². The van der Waals surface area contributed by atoms with Crippen molar-refractivity contribution in [2.24, 2.45) is 5.14 Å². The maximum Gasteiger partial charge on any atom is 0.241 e. The zero-order valence-corrected chi connectivity index (χ0v) is 22.1. The number of hydrogen-bond donors (Lipinski definition) is 2. The molecule has 0 saturated heterocycles. The van der Waals surface area contributed by atoms with E-state index in [4.69, 9.17) is 22.1 Å². The molecule has 3 N–H and O–H groups in total. The minimum Gasteiger partial charge on any atom is -0.454 e. The van der Waals surface area contributed by atoms with Crippen LogP contribution in [0.2, 0.25) is 0 Å². The van der Waals surface area contributed by atoms with Crippen molar-refractivity contribution < 1.29 is 13.2 Å². The lowest BCUT2D eigenvalue weighted by atomic mass is 10.1. The number of nitrogens with one attached hydrogen (secondary N) is 1. The minimum absolute atomic E-state index is 0.141. The van der Waals surface area contributed by atoms with Crippen LogP contribution in [0, 0.1) is 0 Å². The summed E-state index contributed by atoms with van der Waals surface area (Å²) in [6.45, 7) is 2.71. The van der Waals surface area contributed by atoms with Gasteiger partial charge in [-0.2, -0.15) is 0 Å².